The molecule has 0 heterocycles. The number of hydrogen-bond acceptors (Lipinski definition) is 2. The highest BCUT2D eigenvalue weighted by atomic mass is 16.5. The number of hydrogen-bond donors (Lipinski definition) is 0. The Morgan fingerprint density at radius 3 is 2.23 bits per heavy atom. The fourth-order valence-electron chi connectivity index (χ4n) is 1.83. The minimum atomic E-state index is -0.312. The first kappa shape index (κ1) is 10.5. The first-order valence-corrected chi connectivity index (χ1v) is 4.49. The largest absolute Gasteiger partial charge is 0.374 e. The maximum atomic E-state index is 5.53. The smallest absolute Gasteiger partial charge is 0.116 e. The van der Waals surface area contributed by atoms with Crippen molar-refractivity contribution < 1.29 is 9.47 Å². The van der Waals surface area contributed by atoms with Gasteiger partial charge >= 0.3 is 0 Å². The topological polar surface area (TPSA) is 18.5 Å². The molecule has 0 fully saturated rings. The second kappa shape index (κ2) is 3.64. The molecule has 0 aromatic rings. The van der Waals surface area contributed by atoms with Gasteiger partial charge in [0.15, 0.2) is 0 Å². The summed E-state index contributed by atoms with van der Waals surface area (Å²) in [5.74, 6) is 0. The van der Waals surface area contributed by atoms with E-state index in [1.165, 1.54) is 11.1 Å². The molecule has 0 radical (unpaired) electrons. The van der Waals surface area contributed by atoms with Crippen LogP contribution in [-0.4, -0.2) is 25.9 Å². The van der Waals surface area contributed by atoms with Crippen LogP contribution in [0.3, 0.4) is 0 Å². The van der Waals surface area contributed by atoms with Crippen LogP contribution in [0.5, 0.6) is 0 Å². The zero-order valence-corrected chi connectivity index (χ0v) is 9.05. The summed E-state index contributed by atoms with van der Waals surface area (Å²) in [7, 11) is 3.44. The van der Waals surface area contributed by atoms with Crippen molar-refractivity contribution in [2.24, 2.45) is 0 Å². The van der Waals surface area contributed by atoms with Crippen molar-refractivity contribution in [1.29, 1.82) is 0 Å². The van der Waals surface area contributed by atoms with Crippen LogP contribution >= 0.6 is 0 Å². The fourth-order valence-corrected chi connectivity index (χ4v) is 1.83. The SMILES string of the molecule is COC1C(C)=CC=C(C)C1(C)OC. The molecule has 1 rings (SSSR count). The predicted molar refractivity (Wildman–Crippen MR) is 53.7 cm³/mol. The quantitative estimate of drug-likeness (QED) is 0.652. The molecule has 74 valence electrons. The van der Waals surface area contributed by atoms with Gasteiger partial charge in [0.1, 0.15) is 11.7 Å². The predicted octanol–water partition coefficient (Wildman–Crippen LogP) is 2.31. The third kappa shape index (κ3) is 1.56. The number of rotatable bonds is 2. The van der Waals surface area contributed by atoms with Gasteiger partial charge in [0.25, 0.3) is 0 Å². The van der Waals surface area contributed by atoms with E-state index in [0.717, 1.165) is 0 Å². The summed E-state index contributed by atoms with van der Waals surface area (Å²) < 4.78 is 11.0. The van der Waals surface area contributed by atoms with Crippen molar-refractivity contribution in [3.05, 3.63) is 23.3 Å². The molecular formula is C11H18O2. The molecule has 0 aromatic heterocycles. The molecule has 0 saturated carbocycles. The molecule has 1 aliphatic carbocycles. The minimum Gasteiger partial charge on any atom is -0.374 e. The first-order valence-electron chi connectivity index (χ1n) is 4.49. The maximum absolute atomic E-state index is 5.53. The zero-order chi connectivity index (χ0) is 10.1. The Hall–Kier alpha value is -0.600. The van der Waals surface area contributed by atoms with Crippen LogP contribution in [0.4, 0.5) is 0 Å². The van der Waals surface area contributed by atoms with Gasteiger partial charge in [0.05, 0.1) is 0 Å². The Morgan fingerprint density at radius 2 is 1.85 bits per heavy atom. The van der Waals surface area contributed by atoms with Gasteiger partial charge in [-0.25, -0.2) is 0 Å². The van der Waals surface area contributed by atoms with E-state index in [0.29, 0.717) is 0 Å². The lowest BCUT2D eigenvalue weighted by atomic mass is 9.82. The highest BCUT2D eigenvalue weighted by Gasteiger charge is 2.38. The Morgan fingerprint density at radius 1 is 1.23 bits per heavy atom. The standard InChI is InChI=1S/C11H18O2/c1-8-6-7-9(2)11(3,13-5)10(8)12-4/h6-7,10H,1-5H3. The third-order valence-electron chi connectivity index (χ3n) is 2.95. The second-order valence-electron chi connectivity index (χ2n) is 3.69. The molecule has 0 aliphatic heterocycles. The van der Waals surface area contributed by atoms with Crippen molar-refractivity contribution in [1.82, 2.24) is 0 Å². The lowest BCUT2D eigenvalue weighted by Crippen LogP contribution is -2.45. The number of methoxy groups -OCH3 is 2. The molecule has 0 amide bonds. The van der Waals surface area contributed by atoms with Crippen molar-refractivity contribution in [2.45, 2.75) is 32.5 Å². The monoisotopic (exact) mass is 182 g/mol. The van der Waals surface area contributed by atoms with Crippen molar-refractivity contribution in [3.8, 4) is 0 Å². The Bertz CT molecular complexity index is 253. The summed E-state index contributed by atoms with van der Waals surface area (Å²) in [4.78, 5) is 0. The molecule has 2 atom stereocenters. The third-order valence-corrected chi connectivity index (χ3v) is 2.95. The number of allylic oxidation sites excluding steroid dienone is 2. The van der Waals surface area contributed by atoms with E-state index in [4.69, 9.17) is 9.47 Å². The van der Waals surface area contributed by atoms with Crippen molar-refractivity contribution in [3.63, 3.8) is 0 Å². The fraction of sp³-hybridized carbons (Fsp3) is 0.636. The van der Waals surface area contributed by atoms with Gasteiger partial charge in [-0.1, -0.05) is 12.2 Å². The van der Waals surface area contributed by atoms with Crippen LogP contribution in [0.2, 0.25) is 0 Å². The lowest BCUT2D eigenvalue weighted by molar-refractivity contribution is -0.0670. The van der Waals surface area contributed by atoms with Gasteiger partial charge < -0.3 is 9.47 Å². The summed E-state index contributed by atoms with van der Waals surface area (Å²) in [5, 5.41) is 0. The summed E-state index contributed by atoms with van der Waals surface area (Å²) >= 11 is 0. The summed E-state index contributed by atoms with van der Waals surface area (Å²) in [6.07, 6.45) is 4.21. The van der Waals surface area contributed by atoms with Gasteiger partial charge in [-0.3, -0.25) is 0 Å². The van der Waals surface area contributed by atoms with Crippen molar-refractivity contribution >= 4 is 0 Å². The second-order valence-corrected chi connectivity index (χ2v) is 3.69. The van der Waals surface area contributed by atoms with E-state index in [-0.39, 0.29) is 11.7 Å². The van der Waals surface area contributed by atoms with Gasteiger partial charge in [0, 0.05) is 14.2 Å². The van der Waals surface area contributed by atoms with Crippen LogP contribution in [0.15, 0.2) is 23.3 Å². The average molecular weight is 182 g/mol. The molecule has 13 heavy (non-hydrogen) atoms. The highest BCUT2D eigenvalue weighted by Crippen LogP contribution is 2.33. The van der Waals surface area contributed by atoms with E-state index in [2.05, 4.69) is 32.9 Å². The van der Waals surface area contributed by atoms with Crippen LogP contribution in [0.25, 0.3) is 0 Å². The van der Waals surface area contributed by atoms with Gasteiger partial charge in [0.2, 0.25) is 0 Å². The molecule has 0 bridgehead atoms. The molecule has 0 aromatic carbocycles. The Kier molecular flexibility index (Phi) is 2.94. The summed E-state index contributed by atoms with van der Waals surface area (Å²) in [6.45, 7) is 6.19. The minimum absolute atomic E-state index is 0.0301. The molecule has 0 N–H and O–H groups in total. The van der Waals surface area contributed by atoms with E-state index in [1.807, 2.05) is 0 Å². The average Bonchev–Trinajstić information content (AvgIpc) is 2.13. The van der Waals surface area contributed by atoms with E-state index in [9.17, 15) is 0 Å². The Labute approximate surface area is 80.2 Å². The van der Waals surface area contributed by atoms with Crippen LogP contribution < -0.4 is 0 Å². The van der Waals surface area contributed by atoms with Crippen LogP contribution in [-0.2, 0) is 9.47 Å². The van der Waals surface area contributed by atoms with E-state index >= 15 is 0 Å². The van der Waals surface area contributed by atoms with Crippen LogP contribution in [0, 0.1) is 0 Å². The van der Waals surface area contributed by atoms with E-state index in [1.54, 1.807) is 14.2 Å². The molecule has 2 heteroatoms. The van der Waals surface area contributed by atoms with Crippen molar-refractivity contribution in [2.75, 3.05) is 14.2 Å². The molecule has 2 unspecified atom stereocenters. The first-order chi connectivity index (χ1) is 6.06. The van der Waals surface area contributed by atoms with E-state index < -0.39 is 0 Å². The Balaban J connectivity index is 3.06. The lowest BCUT2D eigenvalue weighted by Gasteiger charge is -2.39. The molecule has 0 saturated heterocycles. The molecule has 0 spiro atoms. The number of ether oxygens (including phenoxy) is 2. The van der Waals surface area contributed by atoms with Gasteiger partial charge in [-0.2, -0.15) is 0 Å². The molecular weight excluding hydrogens is 164 g/mol. The molecule has 1 aliphatic rings. The summed E-state index contributed by atoms with van der Waals surface area (Å²) in [5.41, 5.74) is 2.10. The molecule has 2 nitrogen and oxygen atoms in total. The van der Waals surface area contributed by atoms with Gasteiger partial charge in [-0.05, 0) is 31.9 Å². The van der Waals surface area contributed by atoms with Gasteiger partial charge in [-0.15, -0.1) is 0 Å². The highest BCUT2D eigenvalue weighted by molar-refractivity contribution is 5.34. The van der Waals surface area contributed by atoms with Crippen LogP contribution in [0.1, 0.15) is 20.8 Å². The summed E-state index contributed by atoms with van der Waals surface area (Å²) in [6, 6.07) is 0. The normalized spacial score (nSPS) is 34.1. The zero-order valence-electron chi connectivity index (χ0n) is 9.05. The maximum Gasteiger partial charge on any atom is 0.116 e.